The molecule has 24 heavy (non-hydrogen) atoms. The number of nitrogens with one attached hydrogen (secondary N) is 1. The fourth-order valence-electron chi connectivity index (χ4n) is 3.45. The van der Waals surface area contributed by atoms with Crippen LogP contribution in [0.15, 0.2) is 36.7 Å². The lowest BCUT2D eigenvalue weighted by Gasteiger charge is -2.34. The molecule has 2 aromatic rings. The van der Waals surface area contributed by atoms with Crippen molar-refractivity contribution in [3.8, 4) is 5.75 Å². The smallest absolute Gasteiger partial charge is 0.123 e. The number of piperidine rings is 1. The molecule has 0 spiro atoms. The highest BCUT2D eigenvalue weighted by atomic mass is 16.5. The van der Waals surface area contributed by atoms with Crippen LogP contribution in [0.4, 0.5) is 0 Å². The van der Waals surface area contributed by atoms with Gasteiger partial charge in [0.1, 0.15) is 5.75 Å². The van der Waals surface area contributed by atoms with Gasteiger partial charge in [0.15, 0.2) is 0 Å². The fraction of sp³-hybridized carbons (Fsp3) is 0.526. The molecule has 5 nitrogen and oxygen atoms in total. The van der Waals surface area contributed by atoms with E-state index in [4.69, 9.17) is 4.74 Å². The van der Waals surface area contributed by atoms with Gasteiger partial charge in [-0.25, -0.2) is 0 Å². The van der Waals surface area contributed by atoms with Crippen molar-refractivity contribution in [3.63, 3.8) is 0 Å². The number of likely N-dealkylation sites (tertiary alicyclic amines) is 1. The van der Waals surface area contributed by atoms with Gasteiger partial charge in [0.05, 0.1) is 13.3 Å². The predicted molar refractivity (Wildman–Crippen MR) is 96.1 cm³/mol. The van der Waals surface area contributed by atoms with E-state index in [1.807, 2.05) is 30.1 Å². The summed E-state index contributed by atoms with van der Waals surface area (Å²) >= 11 is 0. The lowest BCUT2D eigenvalue weighted by atomic mass is 10.0. The molecular formula is C19H28N4O. The Morgan fingerprint density at radius 2 is 2.04 bits per heavy atom. The molecule has 2 heterocycles. The van der Waals surface area contributed by atoms with Crippen molar-refractivity contribution >= 4 is 0 Å². The number of para-hydroxylation sites is 1. The van der Waals surface area contributed by atoms with Crippen LogP contribution in [0, 0.1) is 0 Å². The van der Waals surface area contributed by atoms with E-state index in [0.717, 1.165) is 25.4 Å². The van der Waals surface area contributed by atoms with Gasteiger partial charge in [-0.05, 0) is 38.9 Å². The second-order valence-electron chi connectivity index (χ2n) is 6.70. The van der Waals surface area contributed by atoms with Crippen LogP contribution in [-0.4, -0.2) is 40.9 Å². The Hall–Kier alpha value is -1.85. The zero-order valence-corrected chi connectivity index (χ0v) is 14.9. The number of hydrogen-bond acceptors (Lipinski definition) is 4. The van der Waals surface area contributed by atoms with E-state index in [1.54, 1.807) is 7.11 Å². The molecule has 1 fully saturated rings. The number of methoxy groups -OCH3 is 1. The normalized spacial score (nSPS) is 17.8. The quantitative estimate of drug-likeness (QED) is 0.885. The fourth-order valence-corrected chi connectivity index (χ4v) is 3.45. The lowest BCUT2D eigenvalue weighted by Crippen LogP contribution is -2.42. The van der Waals surface area contributed by atoms with Crippen LogP contribution in [0.25, 0.3) is 0 Å². The van der Waals surface area contributed by atoms with E-state index in [1.165, 1.54) is 24.0 Å². The monoisotopic (exact) mass is 328 g/mol. The summed E-state index contributed by atoms with van der Waals surface area (Å²) < 4.78 is 7.33. The Labute approximate surface area is 144 Å². The van der Waals surface area contributed by atoms with Crippen molar-refractivity contribution in [2.45, 2.75) is 38.4 Å². The van der Waals surface area contributed by atoms with E-state index >= 15 is 0 Å². The summed E-state index contributed by atoms with van der Waals surface area (Å²) in [5.41, 5.74) is 2.53. The first-order chi connectivity index (χ1) is 11.7. The summed E-state index contributed by atoms with van der Waals surface area (Å²) in [5, 5.41) is 8.01. The average Bonchev–Trinajstić information content (AvgIpc) is 3.04. The van der Waals surface area contributed by atoms with Crippen LogP contribution in [0.2, 0.25) is 0 Å². The summed E-state index contributed by atoms with van der Waals surface area (Å²) in [4.78, 5) is 2.52. The van der Waals surface area contributed by atoms with Crippen LogP contribution < -0.4 is 10.1 Å². The Morgan fingerprint density at radius 3 is 2.71 bits per heavy atom. The topological polar surface area (TPSA) is 42.3 Å². The molecule has 0 saturated carbocycles. The lowest BCUT2D eigenvalue weighted by molar-refractivity contribution is 0.183. The molecule has 1 saturated heterocycles. The summed E-state index contributed by atoms with van der Waals surface area (Å²) in [5.74, 6) is 0.989. The molecule has 3 rings (SSSR count). The Morgan fingerprint density at radius 1 is 1.29 bits per heavy atom. The Bertz CT molecular complexity index is 646. The maximum Gasteiger partial charge on any atom is 0.123 e. The van der Waals surface area contributed by atoms with Gasteiger partial charge in [-0.3, -0.25) is 9.58 Å². The zero-order valence-electron chi connectivity index (χ0n) is 14.9. The summed E-state index contributed by atoms with van der Waals surface area (Å²) in [6.07, 6.45) is 6.41. The Kier molecular flexibility index (Phi) is 5.53. The van der Waals surface area contributed by atoms with Crippen molar-refractivity contribution in [1.29, 1.82) is 0 Å². The van der Waals surface area contributed by atoms with Crippen LogP contribution in [-0.2, 0) is 13.6 Å². The minimum atomic E-state index is 0.351. The minimum Gasteiger partial charge on any atom is -0.496 e. The first-order valence-corrected chi connectivity index (χ1v) is 8.74. The van der Waals surface area contributed by atoms with Gasteiger partial charge >= 0.3 is 0 Å². The molecule has 130 valence electrons. The number of nitrogens with zero attached hydrogens (tertiary/aromatic N) is 3. The second-order valence-corrected chi connectivity index (χ2v) is 6.70. The zero-order chi connectivity index (χ0) is 16.9. The molecule has 0 amide bonds. The van der Waals surface area contributed by atoms with E-state index in [9.17, 15) is 0 Å². The highest BCUT2D eigenvalue weighted by molar-refractivity contribution is 5.33. The maximum absolute atomic E-state index is 5.46. The van der Waals surface area contributed by atoms with E-state index < -0.39 is 0 Å². The van der Waals surface area contributed by atoms with Gasteiger partial charge in [-0.1, -0.05) is 18.2 Å². The van der Waals surface area contributed by atoms with Crippen LogP contribution >= 0.6 is 0 Å². The Balaban J connectivity index is 1.49. The minimum absolute atomic E-state index is 0.351. The van der Waals surface area contributed by atoms with E-state index in [0.29, 0.717) is 12.1 Å². The molecule has 0 bridgehead atoms. The van der Waals surface area contributed by atoms with Gasteiger partial charge in [0.25, 0.3) is 0 Å². The molecule has 1 aliphatic rings. The van der Waals surface area contributed by atoms with Gasteiger partial charge in [0.2, 0.25) is 0 Å². The van der Waals surface area contributed by atoms with Gasteiger partial charge in [-0.15, -0.1) is 0 Å². The molecule has 1 aromatic carbocycles. The van der Waals surface area contributed by atoms with Gasteiger partial charge in [-0.2, -0.15) is 5.10 Å². The third kappa shape index (κ3) is 4.16. The second kappa shape index (κ2) is 7.81. The summed E-state index contributed by atoms with van der Waals surface area (Å²) in [7, 11) is 3.71. The highest BCUT2D eigenvalue weighted by Crippen LogP contribution is 2.22. The number of ether oxygens (including phenoxy) is 1. The molecule has 0 radical (unpaired) electrons. The molecule has 0 aliphatic carbocycles. The molecular weight excluding hydrogens is 300 g/mol. The summed E-state index contributed by atoms with van der Waals surface area (Å²) in [6, 6.07) is 9.24. The number of rotatable bonds is 6. The number of benzene rings is 1. The van der Waals surface area contributed by atoms with Crippen molar-refractivity contribution in [3.05, 3.63) is 47.8 Å². The first kappa shape index (κ1) is 17.0. The highest BCUT2D eigenvalue weighted by Gasteiger charge is 2.21. The predicted octanol–water partition coefficient (Wildman–Crippen LogP) is 2.74. The number of hydrogen-bond donors (Lipinski definition) is 1. The summed E-state index contributed by atoms with van der Waals surface area (Å²) in [6.45, 7) is 5.43. The third-order valence-corrected chi connectivity index (χ3v) is 4.88. The number of aromatic nitrogens is 2. The van der Waals surface area contributed by atoms with Crippen molar-refractivity contribution in [2.75, 3.05) is 20.2 Å². The molecule has 1 atom stereocenters. The van der Waals surface area contributed by atoms with Gasteiger partial charge < -0.3 is 10.1 Å². The van der Waals surface area contributed by atoms with Crippen LogP contribution in [0.1, 0.15) is 36.9 Å². The first-order valence-electron chi connectivity index (χ1n) is 8.74. The maximum atomic E-state index is 5.46. The van der Waals surface area contributed by atoms with Crippen LogP contribution in [0.5, 0.6) is 5.75 Å². The molecule has 1 unspecified atom stereocenters. The van der Waals surface area contributed by atoms with Gasteiger partial charge in [0, 0.05) is 43.0 Å². The average molecular weight is 328 g/mol. The van der Waals surface area contributed by atoms with Crippen molar-refractivity contribution < 1.29 is 4.74 Å². The molecule has 1 aliphatic heterocycles. The van der Waals surface area contributed by atoms with Crippen LogP contribution in [0.3, 0.4) is 0 Å². The van der Waals surface area contributed by atoms with Crippen molar-refractivity contribution in [2.24, 2.45) is 7.05 Å². The van der Waals surface area contributed by atoms with Crippen molar-refractivity contribution in [1.82, 2.24) is 20.0 Å². The number of aryl methyl sites for hydroxylation is 1. The third-order valence-electron chi connectivity index (χ3n) is 4.88. The van der Waals surface area contributed by atoms with E-state index in [2.05, 4.69) is 40.6 Å². The van der Waals surface area contributed by atoms with E-state index in [-0.39, 0.29) is 0 Å². The molecule has 1 aromatic heterocycles. The molecule has 1 N–H and O–H groups in total. The standard InChI is InChI=1S/C19H28N4O/c1-15(17-12-20-22(2)13-17)21-18-8-10-23(11-9-18)14-16-6-4-5-7-19(16)24-3/h4-7,12-13,15,18,21H,8-11,14H2,1-3H3. The SMILES string of the molecule is COc1ccccc1CN1CCC(NC(C)c2cnn(C)c2)CC1. The largest absolute Gasteiger partial charge is 0.496 e. The molecule has 5 heteroatoms.